The van der Waals surface area contributed by atoms with E-state index in [1.807, 2.05) is 12.1 Å². The Morgan fingerprint density at radius 3 is 2.35 bits per heavy atom. The van der Waals surface area contributed by atoms with Crippen molar-refractivity contribution >= 4 is 33.2 Å². The third-order valence-electron chi connectivity index (χ3n) is 2.99. The SMILES string of the molecule is CC(=O)Cc1cccc(C(=O)c2ccc(Br)cc2)c1N. The van der Waals surface area contributed by atoms with Crippen LogP contribution in [0.5, 0.6) is 0 Å². The van der Waals surface area contributed by atoms with E-state index in [0.717, 1.165) is 4.47 Å². The van der Waals surface area contributed by atoms with Gasteiger partial charge in [0.05, 0.1) is 0 Å². The summed E-state index contributed by atoms with van der Waals surface area (Å²) >= 11 is 3.33. The van der Waals surface area contributed by atoms with Crippen LogP contribution in [0.3, 0.4) is 0 Å². The molecule has 0 fully saturated rings. The van der Waals surface area contributed by atoms with Gasteiger partial charge in [0.25, 0.3) is 0 Å². The maximum absolute atomic E-state index is 12.4. The average molecular weight is 332 g/mol. The number of rotatable bonds is 4. The van der Waals surface area contributed by atoms with Crippen molar-refractivity contribution in [1.29, 1.82) is 0 Å². The first-order valence-electron chi connectivity index (χ1n) is 6.16. The van der Waals surface area contributed by atoms with Crippen LogP contribution in [0, 0.1) is 0 Å². The molecule has 20 heavy (non-hydrogen) atoms. The molecule has 0 aliphatic carbocycles. The zero-order valence-electron chi connectivity index (χ0n) is 11.0. The number of nitrogens with two attached hydrogens (primary N) is 1. The first kappa shape index (κ1) is 14.5. The van der Waals surface area contributed by atoms with Crippen LogP contribution in [0.1, 0.15) is 28.4 Å². The number of para-hydroxylation sites is 1. The Hall–Kier alpha value is -1.94. The lowest BCUT2D eigenvalue weighted by Gasteiger charge is -2.09. The highest BCUT2D eigenvalue weighted by Gasteiger charge is 2.15. The largest absolute Gasteiger partial charge is 0.398 e. The number of ketones is 2. The molecule has 3 nitrogen and oxygen atoms in total. The second-order valence-electron chi connectivity index (χ2n) is 4.59. The van der Waals surface area contributed by atoms with E-state index in [2.05, 4.69) is 15.9 Å². The van der Waals surface area contributed by atoms with Crippen molar-refractivity contribution in [2.24, 2.45) is 0 Å². The summed E-state index contributed by atoms with van der Waals surface area (Å²) in [4.78, 5) is 23.6. The molecule has 0 aliphatic heterocycles. The summed E-state index contributed by atoms with van der Waals surface area (Å²) in [5.41, 5.74) is 8.10. The van der Waals surface area contributed by atoms with E-state index >= 15 is 0 Å². The summed E-state index contributed by atoms with van der Waals surface area (Å²) in [7, 11) is 0. The number of anilines is 1. The van der Waals surface area contributed by atoms with Crippen LogP contribution < -0.4 is 5.73 Å². The highest BCUT2D eigenvalue weighted by atomic mass is 79.9. The molecule has 0 spiro atoms. The number of halogens is 1. The molecule has 2 N–H and O–H groups in total. The van der Waals surface area contributed by atoms with Crippen molar-refractivity contribution in [3.8, 4) is 0 Å². The van der Waals surface area contributed by atoms with E-state index in [-0.39, 0.29) is 18.0 Å². The molecule has 0 unspecified atom stereocenters. The lowest BCUT2D eigenvalue weighted by Crippen LogP contribution is -2.09. The molecule has 0 saturated heterocycles. The molecule has 0 radical (unpaired) electrons. The van der Waals surface area contributed by atoms with Crippen LogP contribution in [0.15, 0.2) is 46.9 Å². The van der Waals surface area contributed by atoms with Crippen LogP contribution in [-0.2, 0) is 11.2 Å². The van der Waals surface area contributed by atoms with E-state index in [1.54, 1.807) is 30.3 Å². The Balaban J connectivity index is 2.39. The van der Waals surface area contributed by atoms with Gasteiger partial charge in [0.1, 0.15) is 5.78 Å². The van der Waals surface area contributed by atoms with Crippen LogP contribution in [0.25, 0.3) is 0 Å². The van der Waals surface area contributed by atoms with Gasteiger partial charge >= 0.3 is 0 Å². The molecule has 102 valence electrons. The van der Waals surface area contributed by atoms with Gasteiger partial charge in [0.2, 0.25) is 0 Å². The molecule has 0 bridgehead atoms. The fourth-order valence-corrected chi connectivity index (χ4v) is 2.25. The Morgan fingerprint density at radius 2 is 1.75 bits per heavy atom. The smallest absolute Gasteiger partial charge is 0.195 e. The molecule has 0 aromatic heterocycles. The Labute approximate surface area is 125 Å². The summed E-state index contributed by atoms with van der Waals surface area (Å²) in [5, 5.41) is 0. The zero-order chi connectivity index (χ0) is 14.7. The van der Waals surface area contributed by atoms with E-state index < -0.39 is 0 Å². The molecule has 4 heteroatoms. The van der Waals surface area contributed by atoms with Crippen molar-refractivity contribution in [1.82, 2.24) is 0 Å². The maximum atomic E-state index is 12.4. The van der Waals surface area contributed by atoms with Crippen molar-refractivity contribution in [2.75, 3.05) is 5.73 Å². The summed E-state index contributed by atoms with van der Waals surface area (Å²) < 4.78 is 0.910. The van der Waals surface area contributed by atoms with Gasteiger partial charge in [-0.15, -0.1) is 0 Å². The number of carbonyl (C=O) groups is 2. The third-order valence-corrected chi connectivity index (χ3v) is 3.52. The summed E-state index contributed by atoms with van der Waals surface area (Å²) in [6.07, 6.45) is 0.243. The predicted octanol–water partition coefficient (Wildman–Crippen LogP) is 3.39. The number of hydrogen-bond donors (Lipinski definition) is 1. The molecule has 0 saturated carbocycles. The summed E-state index contributed by atoms with van der Waals surface area (Å²) in [6, 6.07) is 12.3. The fourth-order valence-electron chi connectivity index (χ4n) is 1.99. The van der Waals surface area contributed by atoms with E-state index in [1.165, 1.54) is 6.92 Å². The first-order valence-corrected chi connectivity index (χ1v) is 6.95. The molecule has 0 aliphatic rings. The van der Waals surface area contributed by atoms with Crippen molar-refractivity contribution in [3.05, 3.63) is 63.6 Å². The number of hydrogen-bond acceptors (Lipinski definition) is 3. The lowest BCUT2D eigenvalue weighted by molar-refractivity contribution is -0.116. The van der Waals surface area contributed by atoms with Gasteiger partial charge in [-0.25, -0.2) is 0 Å². The number of benzene rings is 2. The highest BCUT2D eigenvalue weighted by molar-refractivity contribution is 9.10. The highest BCUT2D eigenvalue weighted by Crippen LogP contribution is 2.22. The van der Waals surface area contributed by atoms with Gasteiger partial charge in [0.15, 0.2) is 5.78 Å². The van der Waals surface area contributed by atoms with Crippen LogP contribution in [-0.4, -0.2) is 11.6 Å². The second-order valence-corrected chi connectivity index (χ2v) is 5.51. The van der Waals surface area contributed by atoms with Gasteiger partial charge in [-0.2, -0.15) is 0 Å². The van der Waals surface area contributed by atoms with Crippen molar-refractivity contribution in [2.45, 2.75) is 13.3 Å². The van der Waals surface area contributed by atoms with E-state index in [4.69, 9.17) is 5.73 Å². The monoisotopic (exact) mass is 331 g/mol. The maximum Gasteiger partial charge on any atom is 0.195 e. The minimum atomic E-state index is -0.139. The molecule has 2 rings (SSSR count). The quantitative estimate of drug-likeness (QED) is 0.690. The predicted molar refractivity (Wildman–Crippen MR) is 82.8 cm³/mol. The van der Waals surface area contributed by atoms with Crippen molar-refractivity contribution < 1.29 is 9.59 Å². The Morgan fingerprint density at radius 1 is 1.10 bits per heavy atom. The van der Waals surface area contributed by atoms with E-state index in [0.29, 0.717) is 22.4 Å². The van der Waals surface area contributed by atoms with Crippen LogP contribution >= 0.6 is 15.9 Å². The molecule has 0 heterocycles. The summed E-state index contributed by atoms with van der Waals surface area (Å²) in [5.74, 6) is -0.120. The van der Waals surface area contributed by atoms with Gasteiger partial charge in [-0.1, -0.05) is 28.1 Å². The molecule has 0 atom stereocenters. The van der Waals surface area contributed by atoms with Gasteiger partial charge in [0, 0.05) is 27.7 Å². The molecule has 2 aromatic carbocycles. The molecular formula is C16H14BrNO2. The first-order chi connectivity index (χ1) is 9.49. The minimum Gasteiger partial charge on any atom is -0.398 e. The Bertz CT molecular complexity index is 663. The fraction of sp³-hybridized carbons (Fsp3) is 0.125. The van der Waals surface area contributed by atoms with E-state index in [9.17, 15) is 9.59 Å². The third kappa shape index (κ3) is 3.14. The minimum absolute atomic E-state index is 0.0185. The van der Waals surface area contributed by atoms with Gasteiger partial charge in [-0.05, 0) is 42.8 Å². The molecule has 2 aromatic rings. The number of carbonyl (C=O) groups excluding carboxylic acids is 2. The normalized spacial score (nSPS) is 10.3. The topological polar surface area (TPSA) is 60.2 Å². The Kier molecular flexibility index (Phi) is 4.35. The van der Waals surface area contributed by atoms with Gasteiger partial charge < -0.3 is 5.73 Å². The lowest BCUT2D eigenvalue weighted by atomic mass is 9.97. The average Bonchev–Trinajstić information content (AvgIpc) is 2.41. The number of nitrogen functional groups attached to an aromatic ring is 1. The molecular weight excluding hydrogens is 318 g/mol. The second kappa shape index (κ2) is 6.01. The van der Waals surface area contributed by atoms with Gasteiger partial charge in [-0.3, -0.25) is 9.59 Å². The zero-order valence-corrected chi connectivity index (χ0v) is 12.6. The van der Waals surface area contributed by atoms with Crippen LogP contribution in [0.2, 0.25) is 0 Å². The summed E-state index contributed by atoms with van der Waals surface area (Å²) in [6.45, 7) is 1.50. The standard InChI is InChI=1S/C16H14BrNO2/c1-10(19)9-12-3-2-4-14(15(12)18)16(20)11-5-7-13(17)8-6-11/h2-8H,9,18H2,1H3. The molecule has 0 amide bonds. The van der Waals surface area contributed by atoms with Crippen molar-refractivity contribution in [3.63, 3.8) is 0 Å². The van der Waals surface area contributed by atoms with Crippen LogP contribution in [0.4, 0.5) is 5.69 Å². The number of Topliss-reactive ketones (excluding diaryl/α,β-unsaturated/α-hetero) is 1.